The Morgan fingerprint density at radius 1 is 0.880 bits per heavy atom. The second-order valence-corrected chi connectivity index (χ2v) is 8.01. The van der Waals surface area contributed by atoms with Crippen molar-refractivity contribution in [2.75, 3.05) is 0 Å². The molecule has 25 heavy (non-hydrogen) atoms. The largest absolute Gasteiger partial charge is 0.298 e. The minimum absolute atomic E-state index is 0.0128. The molecule has 2 aromatic rings. The number of Topliss-reactive ketones (excluding diaryl/α,β-unsaturated/α-hetero) is 1. The maximum atomic E-state index is 13.2. The molecule has 0 aliphatic carbocycles. The Labute approximate surface area is 149 Å². The maximum Gasteiger partial charge on any atom is 0.151 e. The molecule has 128 valence electrons. The summed E-state index contributed by atoms with van der Waals surface area (Å²) >= 11 is 0. The summed E-state index contributed by atoms with van der Waals surface area (Å²) in [5.74, 6) is 1.23. The highest BCUT2D eigenvalue weighted by Crippen LogP contribution is 2.49. The van der Waals surface area contributed by atoms with Crippen molar-refractivity contribution in [3.05, 3.63) is 71.8 Å². The van der Waals surface area contributed by atoms with Gasteiger partial charge in [0.2, 0.25) is 0 Å². The monoisotopic (exact) mass is 331 g/mol. The molecular formula is C23H25NO. The first-order valence-electron chi connectivity index (χ1n) is 9.73. The zero-order valence-electron chi connectivity index (χ0n) is 14.6. The molecule has 3 saturated heterocycles. The van der Waals surface area contributed by atoms with E-state index in [1.165, 1.54) is 36.8 Å². The lowest BCUT2D eigenvalue weighted by Crippen LogP contribution is -2.56. The number of carbonyl (C=O) groups excluding carboxylic acids is 1. The van der Waals surface area contributed by atoms with Gasteiger partial charge in [0.1, 0.15) is 0 Å². The van der Waals surface area contributed by atoms with E-state index in [0.29, 0.717) is 23.8 Å². The Morgan fingerprint density at radius 2 is 1.52 bits per heavy atom. The number of piperidine rings is 2. The Bertz CT molecular complexity index is 717. The molecule has 0 spiro atoms. The summed E-state index contributed by atoms with van der Waals surface area (Å²) in [7, 11) is 0. The lowest BCUT2D eigenvalue weighted by atomic mass is 9.76. The summed E-state index contributed by atoms with van der Waals surface area (Å²) in [6.07, 6.45) is 5.92. The van der Waals surface area contributed by atoms with Gasteiger partial charge in [-0.15, -0.1) is 0 Å². The highest BCUT2D eigenvalue weighted by Gasteiger charge is 2.54. The van der Waals surface area contributed by atoms with Crippen molar-refractivity contribution in [2.45, 2.75) is 56.1 Å². The predicted molar refractivity (Wildman–Crippen MR) is 99.5 cm³/mol. The zero-order chi connectivity index (χ0) is 16.8. The lowest BCUT2D eigenvalue weighted by molar-refractivity contribution is -0.131. The topological polar surface area (TPSA) is 20.3 Å². The lowest BCUT2D eigenvalue weighted by Gasteiger charge is -2.47. The van der Waals surface area contributed by atoms with E-state index >= 15 is 0 Å². The molecule has 2 heteroatoms. The van der Waals surface area contributed by atoms with Crippen LogP contribution in [-0.2, 0) is 4.79 Å². The van der Waals surface area contributed by atoms with Crippen LogP contribution in [0.1, 0.15) is 49.1 Å². The fourth-order valence-electron chi connectivity index (χ4n) is 5.79. The molecule has 4 bridgehead atoms. The van der Waals surface area contributed by atoms with Crippen LogP contribution in [0.5, 0.6) is 0 Å². The fourth-order valence-corrected chi connectivity index (χ4v) is 5.79. The first-order valence-corrected chi connectivity index (χ1v) is 9.73. The van der Waals surface area contributed by atoms with Gasteiger partial charge < -0.3 is 0 Å². The van der Waals surface area contributed by atoms with Crippen LogP contribution in [0.4, 0.5) is 0 Å². The van der Waals surface area contributed by atoms with Gasteiger partial charge in [-0.05, 0) is 36.3 Å². The van der Waals surface area contributed by atoms with Crippen LogP contribution in [0.3, 0.4) is 0 Å². The number of rotatable bonds is 3. The molecule has 2 nitrogen and oxygen atoms in total. The molecule has 3 aliphatic rings. The maximum absolute atomic E-state index is 13.2. The minimum atomic E-state index is 0.0128. The van der Waals surface area contributed by atoms with Crippen molar-refractivity contribution in [2.24, 2.45) is 5.92 Å². The normalized spacial score (nSPS) is 33.6. The molecule has 0 aromatic heterocycles. The van der Waals surface area contributed by atoms with E-state index in [9.17, 15) is 4.79 Å². The Morgan fingerprint density at radius 3 is 2.16 bits per heavy atom. The van der Waals surface area contributed by atoms with E-state index in [-0.39, 0.29) is 12.0 Å². The number of hydrogen-bond acceptors (Lipinski definition) is 2. The summed E-state index contributed by atoms with van der Waals surface area (Å²) < 4.78 is 0. The molecular weight excluding hydrogens is 306 g/mol. The Balaban J connectivity index is 1.62. The second-order valence-electron chi connectivity index (χ2n) is 8.01. The molecule has 0 saturated carbocycles. The zero-order valence-corrected chi connectivity index (χ0v) is 14.6. The Hall–Kier alpha value is -1.93. The van der Waals surface area contributed by atoms with Gasteiger partial charge in [-0.2, -0.15) is 0 Å². The summed E-state index contributed by atoms with van der Waals surface area (Å²) in [5.41, 5.74) is 2.55. The van der Waals surface area contributed by atoms with Gasteiger partial charge in [0.25, 0.3) is 0 Å². The first-order chi connectivity index (χ1) is 12.3. The molecule has 0 N–H and O–H groups in total. The molecule has 5 atom stereocenters. The van der Waals surface area contributed by atoms with E-state index in [4.69, 9.17) is 0 Å². The summed E-state index contributed by atoms with van der Waals surface area (Å²) in [5, 5.41) is 0. The summed E-state index contributed by atoms with van der Waals surface area (Å²) in [6.45, 7) is 0. The van der Waals surface area contributed by atoms with Gasteiger partial charge in [0.05, 0.1) is 6.04 Å². The second kappa shape index (κ2) is 6.10. The van der Waals surface area contributed by atoms with Crippen molar-refractivity contribution in [1.82, 2.24) is 4.90 Å². The molecule has 5 unspecified atom stereocenters. The fraction of sp³-hybridized carbons (Fsp3) is 0.435. The molecule has 3 aliphatic heterocycles. The third-order valence-electron chi connectivity index (χ3n) is 6.71. The highest BCUT2D eigenvalue weighted by atomic mass is 16.1. The van der Waals surface area contributed by atoms with Crippen molar-refractivity contribution < 1.29 is 4.79 Å². The van der Waals surface area contributed by atoms with Gasteiger partial charge in [-0.3, -0.25) is 9.69 Å². The van der Waals surface area contributed by atoms with E-state index < -0.39 is 0 Å². The molecule has 0 amide bonds. The van der Waals surface area contributed by atoms with Crippen molar-refractivity contribution in [1.29, 1.82) is 0 Å². The third kappa shape index (κ3) is 2.46. The van der Waals surface area contributed by atoms with Gasteiger partial charge in [0, 0.05) is 24.4 Å². The van der Waals surface area contributed by atoms with Crippen molar-refractivity contribution in [3.63, 3.8) is 0 Å². The van der Waals surface area contributed by atoms with E-state index in [2.05, 4.69) is 65.6 Å². The van der Waals surface area contributed by atoms with E-state index in [1.807, 2.05) is 0 Å². The SMILES string of the molecule is O=C1CC2CC3CCCC2N3C1C(c1ccccc1)c1ccccc1. The number of benzene rings is 2. The van der Waals surface area contributed by atoms with Crippen molar-refractivity contribution >= 4 is 5.78 Å². The van der Waals surface area contributed by atoms with Gasteiger partial charge in [0.15, 0.2) is 5.78 Å². The molecule has 2 aromatic carbocycles. The van der Waals surface area contributed by atoms with E-state index in [0.717, 1.165) is 6.42 Å². The van der Waals surface area contributed by atoms with Crippen LogP contribution in [0.25, 0.3) is 0 Å². The summed E-state index contributed by atoms with van der Waals surface area (Å²) in [4.78, 5) is 15.9. The smallest absolute Gasteiger partial charge is 0.151 e. The van der Waals surface area contributed by atoms with Crippen molar-refractivity contribution in [3.8, 4) is 0 Å². The van der Waals surface area contributed by atoms with Gasteiger partial charge in [-0.25, -0.2) is 0 Å². The molecule has 3 heterocycles. The standard InChI is InChI=1S/C23H25NO/c25-21-15-18-14-19-12-7-13-20(18)24(19)23(21)22(16-8-3-1-4-9-16)17-10-5-2-6-11-17/h1-6,8-11,18-20,22-23H,7,12-15H2. The number of ketones is 1. The summed E-state index contributed by atoms with van der Waals surface area (Å²) in [6, 6.07) is 22.6. The minimum Gasteiger partial charge on any atom is -0.298 e. The van der Waals surface area contributed by atoms with Crippen LogP contribution in [0, 0.1) is 5.92 Å². The third-order valence-corrected chi connectivity index (χ3v) is 6.71. The van der Waals surface area contributed by atoms with Gasteiger partial charge >= 0.3 is 0 Å². The van der Waals surface area contributed by atoms with Crippen LogP contribution < -0.4 is 0 Å². The quantitative estimate of drug-likeness (QED) is 0.831. The van der Waals surface area contributed by atoms with Crippen LogP contribution in [0.15, 0.2) is 60.7 Å². The number of hydrogen-bond donors (Lipinski definition) is 0. The molecule has 3 fully saturated rings. The van der Waals surface area contributed by atoms with Crippen LogP contribution >= 0.6 is 0 Å². The van der Waals surface area contributed by atoms with Crippen LogP contribution in [-0.4, -0.2) is 28.8 Å². The Kier molecular flexibility index (Phi) is 3.74. The van der Waals surface area contributed by atoms with Gasteiger partial charge in [-0.1, -0.05) is 67.1 Å². The van der Waals surface area contributed by atoms with Crippen LogP contribution in [0.2, 0.25) is 0 Å². The number of nitrogens with zero attached hydrogens (tertiary/aromatic N) is 1. The molecule has 5 rings (SSSR count). The highest BCUT2D eigenvalue weighted by molar-refractivity contribution is 5.87. The average molecular weight is 331 g/mol. The van der Waals surface area contributed by atoms with E-state index in [1.54, 1.807) is 0 Å². The average Bonchev–Trinajstić information content (AvgIpc) is 2.79. The molecule has 0 radical (unpaired) electrons. The predicted octanol–water partition coefficient (Wildman–Crippen LogP) is 4.40. The first kappa shape index (κ1) is 15.3. The number of carbonyl (C=O) groups is 1.